The van der Waals surface area contributed by atoms with E-state index in [0.717, 1.165) is 31.6 Å². The molecule has 0 spiro atoms. The summed E-state index contributed by atoms with van der Waals surface area (Å²) in [5.74, 6) is 0.957. The quantitative estimate of drug-likeness (QED) is 0.786. The molecule has 5 heteroatoms. The van der Waals surface area contributed by atoms with Crippen molar-refractivity contribution < 1.29 is 4.74 Å². The lowest BCUT2D eigenvalue weighted by atomic mass is 10.1. The van der Waals surface area contributed by atoms with Gasteiger partial charge in [-0.1, -0.05) is 15.9 Å². The first-order valence-corrected chi connectivity index (χ1v) is 8.36. The molecule has 0 fully saturated rings. The van der Waals surface area contributed by atoms with Crippen molar-refractivity contribution in [2.24, 2.45) is 5.73 Å². The van der Waals surface area contributed by atoms with Crippen molar-refractivity contribution in [3.63, 3.8) is 0 Å². The molecule has 0 saturated carbocycles. The molecule has 1 aromatic carbocycles. The van der Waals surface area contributed by atoms with Crippen molar-refractivity contribution in [1.82, 2.24) is 0 Å². The third-order valence-electron chi connectivity index (χ3n) is 2.72. The molecular weight excluding hydrogens is 390 g/mol. The molecule has 0 saturated heterocycles. The van der Waals surface area contributed by atoms with E-state index in [2.05, 4.69) is 57.0 Å². The number of hydrogen-bond donors (Lipinski definition) is 1. The molecule has 19 heavy (non-hydrogen) atoms. The Morgan fingerprint density at radius 3 is 2.68 bits per heavy atom. The number of thiophene rings is 1. The van der Waals surface area contributed by atoms with Gasteiger partial charge >= 0.3 is 0 Å². The maximum atomic E-state index is 5.99. The van der Waals surface area contributed by atoms with Crippen LogP contribution in [0.5, 0.6) is 5.75 Å². The minimum Gasteiger partial charge on any atom is -0.488 e. The second kappa shape index (κ2) is 6.88. The fourth-order valence-electron chi connectivity index (χ4n) is 1.92. The van der Waals surface area contributed by atoms with Crippen molar-refractivity contribution in [3.05, 3.63) is 48.5 Å². The van der Waals surface area contributed by atoms with Crippen LogP contribution in [-0.4, -0.2) is 6.54 Å². The zero-order valence-electron chi connectivity index (χ0n) is 10.6. The molecule has 2 rings (SSSR count). The van der Waals surface area contributed by atoms with Gasteiger partial charge in [-0.2, -0.15) is 0 Å². The van der Waals surface area contributed by atoms with Crippen molar-refractivity contribution in [2.45, 2.75) is 20.0 Å². The fourth-order valence-corrected chi connectivity index (χ4v) is 3.94. The lowest BCUT2D eigenvalue weighted by Crippen LogP contribution is -2.06. The minimum atomic E-state index is 0.594. The van der Waals surface area contributed by atoms with Gasteiger partial charge in [-0.25, -0.2) is 0 Å². The van der Waals surface area contributed by atoms with Crippen LogP contribution in [0.15, 0.2) is 32.5 Å². The van der Waals surface area contributed by atoms with E-state index in [1.54, 1.807) is 11.3 Å². The van der Waals surface area contributed by atoms with Crippen LogP contribution in [0.4, 0.5) is 0 Å². The fraction of sp³-hybridized carbons (Fsp3) is 0.286. The van der Waals surface area contributed by atoms with Gasteiger partial charge in [-0.3, -0.25) is 0 Å². The maximum absolute atomic E-state index is 5.99. The first-order valence-electron chi connectivity index (χ1n) is 5.96. The first-order chi connectivity index (χ1) is 9.10. The topological polar surface area (TPSA) is 35.2 Å². The van der Waals surface area contributed by atoms with Gasteiger partial charge in [0.1, 0.15) is 12.4 Å². The van der Waals surface area contributed by atoms with Crippen LogP contribution >= 0.6 is 43.2 Å². The first kappa shape index (κ1) is 15.0. The van der Waals surface area contributed by atoms with Crippen molar-refractivity contribution in [2.75, 3.05) is 6.54 Å². The Balaban J connectivity index is 2.18. The van der Waals surface area contributed by atoms with Gasteiger partial charge in [0.25, 0.3) is 0 Å². The highest BCUT2D eigenvalue weighted by Gasteiger charge is 2.09. The predicted octanol–water partition coefficient (Wildman–Crippen LogP) is 4.66. The number of nitrogens with two attached hydrogens (primary N) is 1. The van der Waals surface area contributed by atoms with Gasteiger partial charge in [0.2, 0.25) is 0 Å². The van der Waals surface area contributed by atoms with E-state index < -0.39 is 0 Å². The molecule has 0 atom stereocenters. The molecule has 2 nitrogen and oxygen atoms in total. The summed E-state index contributed by atoms with van der Waals surface area (Å²) in [7, 11) is 0. The van der Waals surface area contributed by atoms with Gasteiger partial charge in [0.05, 0.1) is 3.79 Å². The highest BCUT2D eigenvalue weighted by atomic mass is 79.9. The van der Waals surface area contributed by atoms with E-state index >= 15 is 0 Å². The average molecular weight is 405 g/mol. The van der Waals surface area contributed by atoms with Crippen LogP contribution in [0.25, 0.3) is 0 Å². The minimum absolute atomic E-state index is 0.594. The highest BCUT2D eigenvalue weighted by molar-refractivity contribution is 9.11. The average Bonchev–Trinajstić information content (AvgIpc) is 2.74. The summed E-state index contributed by atoms with van der Waals surface area (Å²) in [5.41, 5.74) is 7.96. The molecule has 0 unspecified atom stereocenters. The molecule has 0 aliphatic carbocycles. The van der Waals surface area contributed by atoms with Gasteiger partial charge in [0.15, 0.2) is 0 Å². The Labute approximate surface area is 134 Å². The number of aryl methyl sites for hydroxylation is 1. The highest BCUT2D eigenvalue weighted by Crippen LogP contribution is 2.30. The maximum Gasteiger partial charge on any atom is 0.126 e. The van der Waals surface area contributed by atoms with E-state index in [1.807, 2.05) is 6.07 Å². The zero-order chi connectivity index (χ0) is 13.8. The number of benzene rings is 1. The Morgan fingerprint density at radius 2 is 2.05 bits per heavy atom. The third kappa shape index (κ3) is 4.05. The monoisotopic (exact) mass is 403 g/mol. The molecule has 1 aromatic heterocycles. The molecule has 2 N–H and O–H groups in total. The second-order valence-corrected chi connectivity index (χ2v) is 7.71. The third-order valence-corrected chi connectivity index (χ3v) is 4.77. The van der Waals surface area contributed by atoms with Crippen molar-refractivity contribution >= 4 is 43.2 Å². The largest absolute Gasteiger partial charge is 0.488 e. The molecule has 102 valence electrons. The predicted molar refractivity (Wildman–Crippen MR) is 88.0 cm³/mol. The molecule has 2 aromatic rings. The summed E-state index contributed by atoms with van der Waals surface area (Å²) in [6, 6.07) is 8.27. The molecule has 0 aliphatic rings. The number of hydrogen-bond acceptors (Lipinski definition) is 3. The van der Waals surface area contributed by atoms with E-state index in [4.69, 9.17) is 10.5 Å². The second-order valence-electron chi connectivity index (χ2n) is 4.24. The Bertz CT molecular complexity index is 569. The van der Waals surface area contributed by atoms with Crippen molar-refractivity contribution in [1.29, 1.82) is 0 Å². The number of halogens is 2. The Hall–Kier alpha value is -0.360. The van der Waals surface area contributed by atoms with Gasteiger partial charge < -0.3 is 10.5 Å². The van der Waals surface area contributed by atoms with Crippen LogP contribution in [0, 0.1) is 6.92 Å². The van der Waals surface area contributed by atoms with Crippen LogP contribution in [-0.2, 0) is 13.0 Å². The van der Waals surface area contributed by atoms with Crippen LogP contribution in [0.2, 0.25) is 0 Å². The summed E-state index contributed by atoms with van der Waals surface area (Å²) in [6.45, 7) is 3.28. The summed E-state index contributed by atoms with van der Waals surface area (Å²) in [6.07, 6.45) is 0.823. The van der Waals surface area contributed by atoms with E-state index in [-0.39, 0.29) is 0 Å². The lowest BCUT2D eigenvalue weighted by Gasteiger charge is -2.14. The summed E-state index contributed by atoms with van der Waals surface area (Å²) >= 11 is 8.67. The molecule has 0 aliphatic heterocycles. The molecular formula is C14H15Br2NOS. The number of rotatable bonds is 5. The normalized spacial score (nSPS) is 10.7. The summed E-state index contributed by atoms with van der Waals surface area (Å²) in [4.78, 5) is 1.20. The lowest BCUT2D eigenvalue weighted by molar-refractivity contribution is 0.304. The van der Waals surface area contributed by atoms with Crippen LogP contribution < -0.4 is 10.5 Å². The molecule has 0 radical (unpaired) electrons. The van der Waals surface area contributed by atoms with E-state index in [9.17, 15) is 0 Å². The van der Waals surface area contributed by atoms with Crippen LogP contribution in [0.1, 0.15) is 16.0 Å². The smallest absolute Gasteiger partial charge is 0.126 e. The van der Waals surface area contributed by atoms with Crippen LogP contribution in [0.3, 0.4) is 0 Å². The Morgan fingerprint density at radius 1 is 1.26 bits per heavy atom. The van der Waals surface area contributed by atoms with E-state index in [1.165, 1.54) is 4.88 Å². The molecule has 1 heterocycles. The summed E-state index contributed by atoms with van der Waals surface area (Å²) < 4.78 is 8.18. The Kier molecular flexibility index (Phi) is 5.45. The van der Waals surface area contributed by atoms with Gasteiger partial charge in [0, 0.05) is 9.35 Å². The molecule has 0 amide bonds. The SMILES string of the molecule is Cc1cc(Br)cc(CCN)c1OCc1ccc(Br)s1. The van der Waals surface area contributed by atoms with Gasteiger partial charge in [-0.05, 0) is 71.2 Å². The summed E-state index contributed by atoms with van der Waals surface area (Å²) in [5, 5.41) is 0. The van der Waals surface area contributed by atoms with Gasteiger partial charge in [-0.15, -0.1) is 11.3 Å². The molecule has 0 bridgehead atoms. The van der Waals surface area contributed by atoms with Crippen molar-refractivity contribution in [3.8, 4) is 5.75 Å². The standard InChI is InChI=1S/C14H15Br2NOS/c1-9-6-11(15)7-10(4-5-17)14(9)18-8-12-2-3-13(16)19-12/h2-3,6-7H,4-5,8,17H2,1H3. The number of ether oxygens (including phenoxy) is 1. The zero-order valence-corrected chi connectivity index (χ0v) is 14.6. The van der Waals surface area contributed by atoms with E-state index in [0.29, 0.717) is 13.2 Å².